The number of halogens is 2. The van der Waals surface area contributed by atoms with Crippen LogP contribution in [0.3, 0.4) is 0 Å². The van der Waals surface area contributed by atoms with E-state index in [0.29, 0.717) is 12.5 Å². The van der Waals surface area contributed by atoms with Gasteiger partial charge in [0.05, 0.1) is 17.9 Å². The molecule has 0 saturated heterocycles. The van der Waals surface area contributed by atoms with Gasteiger partial charge in [-0.2, -0.15) is 0 Å². The molecule has 0 heterocycles. The summed E-state index contributed by atoms with van der Waals surface area (Å²) < 4.78 is 31.1. The Balaban J connectivity index is 2.59. The number of anilines is 1. The van der Waals surface area contributed by atoms with Gasteiger partial charge in [-0.25, -0.2) is 13.6 Å². The number of carbonyl (C=O) groups excluding carboxylic acids is 1. The number of rotatable bonds is 5. The number of carbonyl (C=O) groups is 1. The molecule has 1 rings (SSSR count). The molecule has 1 aromatic rings. The van der Waals surface area contributed by atoms with Gasteiger partial charge in [0.25, 0.3) is 0 Å². The Kier molecular flexibility index (Phi) is 5.03. The van der Waals surface area contributed by atoms with Crippen molar-refractivity contribution in [2.75, 3.05) is 33.0 Å². The lowest BCUT2D eigenvalue weighted by atomic mass is 10.2. The summed E-state index contributed by atoms with van der Waals surface area (Å²) in [6.45, 7) is 0.926. The van der Waals surface area contributed by atoms with Crippen molar-refractivity contribution in [3.05, 3.63) is 29.3 Å². The van der Waals surface area contributed by atoms with Crippen LogP contribution in [0.5, 0.6) is 0 Å². The lowest BCUT2D eigenvalue weighted by Gasteiger charge is -2.10. The lowest BCUT2D eigenvalue weighted by molar-refractivity contribution is 0.0488. The van der Waals surface area contributed by atoms with Crippen LogP contribution >= 0.6 is 0 Å². The Morgan fingerprint density at radius 1 is 1.33 bits per heavy atom. The fourth-order valence-corrected chi connectivity index (χ4v) is 1.35. The third-order valence-electron chi connectivity index (χ3n) is 2.29. The van der Waals surface area contributed by atoms with Gasteiger partial charge >= 0.3 is 5.97 Å². The van der Waals surface area contributed by atoms with Crippen molar-refractivity contribution in [2.45, 2.75) is 6.42 Å². The lowest BCUT2D eigenvalue weighted by Crippen LogP contribution is -2.16. The van der Waals surface area contributed by atoms with E-state index in [1.807, 2.05) is 19.0 Å². The van der Waals surface area contributed by atoms with Crippen LogP contribution in [0.25, 0.3) is 0 Å². The van der Waals surface area contributed by atoms with Crippen LogP contribution in [0.15, 0.2) is 12.1 Å². The zero-order valence-electron chi connectivity index (χ0n) is 10.4. The maximum atomic E-state index is 13.3. The fourth-order valence-electron chi connectivity index (χ4n) is 1.35. The molecular weight excluding hydrogens is 242 g/mol. The quantitative estimate of drug-likeness (QED) is 0.496. The second kappa shape index (κ2) is 6.30. The molecule has 0 bridgehead atoms. The molecule has 0 radical (unpaired) electrons. The average molecular weight is 258 g/mol. The van der Waals surface area contributed by atoms with Crippen molar-refractivity contribution in [3.8, 4) is 0 Å². The minimum Gasteiger partial charge on any atom is -0.462 e. The first-order chi connectivity index (χ1) is 8.41. The molecule has 0 atom stereocenters. The predicted octanol–water partition coefficient (Wildman–Crippen LogP) is 1.66. The van der Waals surface area contributed by atoms with Gasteiger partial charge < -0.3 is 15.4 Å². The third-order valence-corrected chi connectivity index (χ3v) is 2.29. The summed E-state index contributed by atoms with van der Waals surface area (Å²) in [4.78, 5) is 13.5. The number of hydrogen-bond donors (Lipinski definition) is 1. The highest BCUT2D eigenvalue weighted by atomic mass is 19.1. The highest BCUT2D eigenvalue weighted by Crippen LogP contribution is 2.17. The normalized spacial score (nSPS) is 10.7. The van der Waals surface area contributed by atoms with Gasteiger partial charge in [-0.1, -0.05) is 0 Å². The van der Waals surface area contributed by atoms with Crippen LogP contribution in [0, 0.1) is 11.6 Å². The molecule has 100 valence electrons. The van der Waals surface area contributed by atoms with Gasteiger partial charge in [0.15, 0.2) is 0 Å². The van der Waals surface area contributed by atoms with E-state index < -0.39 is 17.6 Å². The van der Waals surface area contributed by atoms with E-state index in [1.165, 1.54) is 0 Å². The van der Waals surface area contributed by atoms with Crippen LogP contribution < -0.4 is 5.73 Å². The van der Waals surface area contributed by atoms with Crippen molar-refractivity contribution in [1.29, 1.82) is 0 Å². The molecular formula is C12H16F2N2O2. The number of nitrogens with zero attached hydrogens (tertiary/aromatic N) is 1. The molecule has 0 unspecified atom stereocenters. The largest absolute Gasteiger partial charge is 0.462 e. The molecule has 6 heteroatoms. The van der Waals surface area contributed by atoms with Crippen LogP contribution in [-0.4, -0.2) is 38.1 Å². The van der Waals surface area contributed by atoms with Gasteiger partial charge in [0, 0.05) is 12.6 Å². The number of hydrogen-bond acceptors (Lipinski definition) is 4. The van der Waals surface area contributed by atoms with E-state index in [4.69, 9.17) is 10.5 Å². The number of benzene rings is 1. The average Bonchev–Trinajstić information content (AvgIpc) is 2.28. The smallest absolute Gasteiger partial charge is 0.341 e. The fraction of sp³-hybridized carbons (Fsp3) is 0.417. The van der Waals surface area contributed by atoms with E-state index in [2.05, 4.69) is 0 Å². The summed E-state index contributed by atoms with van der Waals surface area (Å²) in [5, 5.41) is 0. The SMILES string of the molecule is CN(C)CCCOC(=O)c1cc(N)c(F)cc1F. The molecule has 4 nitrogen and oxygen atoms in total. The molecule has 0 aliphatic rings. The summed E-state index contributed by atoms with van der Waals surface area (Å²) in [6.07, 6.45) is 0.636. The van der Waals surface area contributed by atoms with Crippen molar-refractivity contribution < 1.29 is 18.3 Å². The van der Waals surface area contributed by atoms with E-state index in [1.54, 1.807) is 0 Å². The molecule has 1 aromatic carbocycles. The van der Waals surface area contributed by atoms with Crippen LogP contribution in [0.4, 0.5) is 14.5 Å². The van der Waals surface area contributed by atoms with E-state index in [9.17, 15) is 13.6 Å². The summed E-state index contributed by atoms with van der Waals surface area (Å²) in [6, 6.07) is 1.52. The maximum absolute atomic E-state index is 13.3. The molecule has 0 amide bonds. The minimum absolute atomic E-state index is 0.174. The summed E-state index contributed by atoms with van der Waals surface area (Å²) in [5.74, 6) is -2.70. The first kappa shape index (κ1) is 14.4. The molecule has 0 fully saturated rings. The molecule has 18 heavy (non-hydrogen) atoms. The van der Waals surface area contributed by atoms with Crippen molar-refractivity contribution in [1.82, 2.24) is 4.90 Å². The van der Waals surface area contributed by atoms with Gasteiger partial charge in [-0.15, -0.1) is 0 Å². The summed E-state index contributed by atoms with van der Waals surface area (Å²) in [7, 11) is 3.78. The molecule has 0 aromatic heterocycles. The second-order valence-corrected chi connectivity index (χ2v) is 4.15. The molecule has 0 aliphatic carbocycles. The van der Waals surface area contributed by atoms with Crippen molar-refractivity contribution in [2.24, 2.45) is 0 Å². The van der Waals surface area contributed by atoms with Crippen LogP contribution in [0.2, 0.25) is 0 Å². The molecule has 0 aliphatic heterocycles. The first-order valence-corrected chi connectivity index (χ1v) is 5.48. The van der Waals surface area contributed by atoms with Gasteiger partial charge in [-0.3, -0.25) is 0 Å². The molecule has 0 saturated carbocycles. The van der Waals surface area contributed by atoms with Crippen molar-refractivity contribution in [3.63, 3.8) is 0 Å². The molecule has 0 spiro atoms. The summed E-state index contributed by atoms with van der Waals surface area (Å²) in [5.41, 5.74) is 4.64. The zero-order valence-corrected chi connectivity index (χ0v) is 10.4. The highest BCUT2D eigenvalue weighted by molar-refractivity contribution is 5.90. The zero-order chi connectivity index (χ0) is 13.7. The number of ether oxygens (including phenoxy) is 1. The van der Waals surface area contributed by atoms with E-state index >= 15 is 0 Å². The third kappa shape index (κ3) is 3.96. The number of esters is 1. The second-order valence-electron chi connectivity index (χ2n) is 4.15. The predicted molar refractivity (Wildman–Crippen MR) is 64.2 cm³/mol. The van der Waals surface area contributed by atoms with E-state index in [-0.39, 0.29) is 17.9 Å². The van der Waals surface area contributed by atoms with Gasteiger partial charge in [0.1, 0.15) is 11.6 Å². The van der Waals surface area contributed by atoms with Crippen molar-refractivity contribution >= 4 is 11.7 Å². The van der Waals surface area contributed by atoms with Gasteiger partial charge in [0.2, 0.25) is 0 Å². The Morgan fingerprint density at radius 2 is 2.00 bits per heavy atom. The summed E-state index contributed by atoms with van der Waals surface area (Å²) >= 11 is 0. The Hall–Kier alpha value is -1.69. The maximum Gasteiger partial charge on any atom is 0.341 e. The highest BCUT2D eigenvalue weighted by Gasteiger charge is 2.16. The van der Waals surface area contributed by atoms with Crippen LogP contribution in [0.1, 0.15) is 16.8 Å². The monoisotopic (exact) mass is 258 g/mol. The molecule has 2 N–H and O–H groups in total. The minimum atomic E-state index is -0.973. The van der Waals surface area contributed by atoms with Gasteiger partial charge in [-0.05, 0) is 26.6 Å². The Labute approximate surface area is 104 Å². The van der Waals surface area contributed by atoms with E-state index in [0.717, 1.165) is 12.6 Å². The first-order valence-electron chi connectivity index (χ1n) is 5.48. The van der Waals surface area contributed by atoms with Crippen LogP contribution in [-0.2, 0) is 4.74 Å². The number of nitrogen functional groups attached to an aromatic ring is 1. The Bertz CT molecular complexity index is 436. The standard InChI is InChI=1S/C12H16F2N2O2/c1-16(2)4-3-5-18-12(17)8-6-11(15)10(14)7-9(8)13/h6-7H,3-5,15H2,1-2H3. The number of nitrogens with two attached hydrogens (primary N) is 1. The topological polar surface area (TPSA) is 55.6 Å². The Morgan fingerprint density at radius 3 is 2.61 bits per heavy atom.